The summed E-state index contributed by atoms with van der Waals surface area (Å²) in [6.07, 6.45) is 6.73. The highest BCUT2D eigenvalue weighted by Gasteiger charge is 2.26. The second-order valence-electron chi connectivity index (χ2n) is 8.70. The van der Waals surface area contributed by atoms with Crippen LogP contribution >= 0.6 is 0 Å². The molecule has 8 nitrogen and oxygen atoms in total. The molecule has 0 aliphatic carbocycles. The molecule has 1 aromatic carbocycles. The minimum atomic E-state index is -0.0359. The van der Waals surface area contributed by atoms with E-state index >= 15 is 0 Å². The average Bonchev–Trinajstić information content (AvgIpc) is 2.90. The molecule has 0 radical (unpaired) electrons. The van der Waals surface area contributed by atoms with E-state index in [1.54, 1.807) is 6.33 Å². The Balaban J connectivity index is 1.15. The van der Waals surface area contributed by atoms with Crippen molar-refractivity contribution >= 4 is 23.4 Å². The number of aromatic nitrogens is 4. The van der Waals surface area contributed by atoms with Crippen molar-refractivity contribution in [2.45, 2.75) is 32.1 Å². The number of carbonyl (C=O) groups is 1. The molecule has 0 bridgehead atoms. The molecule has 2 aromatic heterocycles. The molecule has 5 rings (SSSR count). The van der Waals surface area contributed by atoms with E-state index in [2.05, 4.69) is 35.3 Å². The Hall–Kier alpha value is -3.55. The Bertz CT molecular complexity index is 1060. The maximum atomic E-state index is 12.9. The first kappa shape index (κ1) is 21.3. The Morgan fingerprint density at radius 3 is 2.30 bits per heavy atom. The average molecular weight is 444 g/mol. The maximum Gasteiger partial charge on any atom is 0.228 e. The van der Waals surface area contributed by atoms with Gasteiger partial charge in [0.15, 0.2) is 5.82 Å². The third-order valence-electron chi connectivity index (χ3n) is 6.49. The second kappa shape index (κ2) is 9.94. The third kappa shape index (κ3) is 5.10. The summed E-state index contributed by atoms with van der Waals surface area (Å²) < 4.78 is 0. The highest BCUT2D eigenvalue weighted by atomic mass is 16.2. The van der Waals surface area contributed by atoms with E-state index < -0.39 is 0 Å². The summed E-state index contributed by atoms with van der Waals surface area (Å²) >= 11 is 0. The molecule has 3 aromatic rings. The minimum Gasteiger partial charge on any atom is -0.356 e. The number of hydrogen-bond donors (Lipinski definition) is 1. The number of rotatable bonds is 5. The molecule has 0 saturated carbocycles. The third-order valence-corrected chi connectivity index (χ3v) is 6.49. The van der Waals surface area contributed by atoms with Crippen molar-refractivity contribution in [2.75, 3.05) is 41.3 Å². The van der Waals surface area contributed by atoms with Crippen LogP contribution in [0.1, 0.15) is 32.1 Å². The molecule has 1 N–H and O–H groups in total. The van der Waals surface area contributed by atoms with E-state index in [9.17, 15) is 4.79 Å². The van der Waals surface area contributed by atoms with Gasteiger partial charge in [-0.1, -0.05) is 30.3 Å². The van der Waals surface area contributed by atoms with Crippen LogP contribution in [0.2, 0.25) is 0 Å². The highest BCUT2D eigenvalue weighted by Crippen LogP contribution is 2.25. The van der Waals surface area contributed by atoms with E-state index in [0.717, 1.165) is 61.9 Å². The summed E-state index contributed by atoms with van der Waals surface area (Å²) in [4.78, 5) is 26.0. The zero-order valence-electron chi connectivity index (χ0n) is 18.7. The van der Waals surface area contributed by atoms with Gasteiger partial charge < -0.3 is 15.1 Å². The molecule has 0 atom stereocenters. The number of amides is 1. The Kier molecular flexibility index (Phi) is 6.41. The van der Waals surface area contributed by atoms with Crippen LogP contribution in [0, 0.1) is 5.92 Å². The normalized spacial score (nSPS) is 17.1. The summed E-state index contributed by atoms with van der Waals surface area (Å²) in [5.41, 5.74) is 1.92. The highest BCUT2D eigenvalue weighted by molar-refractivity contribution is 5.92. The monoisotopic (exact) mass is 443 g/mol. The van der Waals surface area contributed by atoms with Crippen LogP contribution in [0.5, 0.6) is 0 Å². The molecule has 8 heteroatoms. The van der Waals surface area contributed by atoms with Crippen LogP contribution in [-0.4, -0.2) is 52.3 Å². The van der Waals surface area contributed by atoms with Crippen LogP contribution in [0.15, 0.2) is 54.9 Å². The van der Waals surface area contributed by atoms with Crippen molar-refractivity contribution in [1.82, 2.24) is 20.2 Å². The zero-order chi connectivity index (χ0) is 22.5. The van der Waals surface area contributed by atoms with E-state index in [1.807, 2.05) is 48.5 Å². The van der Waals surface area contributed by atoms with Crippen LogP contribution in [-0.2, 0) is 4.79 Å². The molecule has 2 aliphatic heterocycles. The van der Waals surface area contributed by atoms with Gasteiger partial charge in [-0.05, 0) is 44.2 Å². The fourth-order valence-corrected chi connectivity index (χ4v) is 4.57. The number of nitrogens with one attached hydrogen (secondary N) is 1. The van der Waals surface area contributed by atoms with E-state index in [-0.39, 0.29) is 11.8 Å². The van der Waals surface area contributed by atoms with E-state index in [0.29, 0.717) is 5.82 Å². The number of nitrogens with zero attached hydrogens (tertiary/aromatic N) is 6. The lowest BCUT2D eigenvalue weighted by Gasteiger charge is -2.32. The summed E-state index contributed by atoms with van der Waals surface area (Å²) in [7, 11) is 0. The molecule has 2 fully saturated rings. The first-order valence-corrected chi connectivity index (χ1v) is 11.8. The van der Waals surface area contributed by atoms with Crippen molar-refractivity contribution in [3.8, 4) is 11.3 Å². The van der Waals surface area contributed by atoms with E-state index in [4.69, 9.17) is 0 Å². The van der Waals surface area contributed by atoms with Crippen LogP contribution in [0.4, 0.5) is 17.5 Å². The van der Waals surface area contributed by atoms with E-state index in [1.165, 1.54) is 19.3 Å². The Morgan fingerprint density at radius 1 is 0.818 bits per heavy atom. The lowest BCUT2D eigenvalue weighted by Crippen LogP contribution is -2.38. The first-order chi connectivity index (χ1) is 16.3. The molecule has 0 spiro atoms. The van der Waals surface area contributed by atoms with Gasteiger partial charge in [0.1, 0.15) is 18.0 Å². The molecule has 33 heavy (non-hydrogen) atoms. The van der Waals surface area contributed by atoms with Crippen LogP contribution in [0.3, 0.4) is 0 Å². The number of benzene rings is 1. The predicted molar refractivity (Wildman–Crippen MR) is 129 cm³/mol. The van der Waals surface area contributed by atoms with Crippen molar-refractivity contribution in [1.29, 1.82) is 0 Å². The van der Waals surface area contributed by atoms with Crippen molar-refractivity contribution in [3.63, 3.8) is 0 Å². The van der Waals surface area contributed by atoms with Crippen LogP contribution in [0.25, 0.3) is 11.3 Å². The maximum absolute atomic E-state index is 12.9. The van der Waals surface area contributed by atoms with Gasteiger partial charge in [-0.2, -0.15) is 0 Å². The van der Waals surface area contributed by atoms with Crippen molar-refractivity contribution in [2.24, 2.45) is 5.92 Å². The van der Waals surface area contributed by atoms with Gasteiger partial charge in [0.05, 0.1) is 5.69 Å². The predicted octanol–water partition coefficient (Wildman–Crippen LogP) is 3.78. The molecular weight excluding hydrogens is 414 g/mol. The fraction of sp³-hybridized carbons (Fsp3) is 0.400. The first-order valence-electron chi connectivity index (χ1n) is 11.8. The Morgan fingerprint density at radius 2 is 1.58 bits per heavy atom. The van der Waals surface area contributed by atoms with Gasteiger partial charge in [-0.3, -0.25) is 4.79 Å². The van der Waals surface area contributed by atoms with Crippen molar-refractivity contribution < 1.29 is 4.79 Å². The SMILES string of the molecule is O=C(Nc1cc(N2CCCCC2)ncn1)C1CCN(c2ccc(-c3ccccc3)nn2)CC1. The molecular formula is C25H29N7O. The number of hydrogen-bond acceptors (Lipinski definition) is 7. The second-order valence-corrected chi connectivity index (χ2v) is 8.70. The van der Waals surface area contributed by atoms with Crippen LogP contribution < -0.4 is 15.1 Å². The standard InChI is InChI=1S/C25H29N7O/c33-25(28-22-17-24(27-18-26-22)31-13-5-2-6-14-31)20-11-15-32(16-12-20)23-10-9-21(29-30-23)19-7-3-1-4-8-19/h1,3-4,7-10,17-18,20H,2,5-6,11-16H2,(H,26,27,28,33). The summed E-state index contributed by atoms with van der Waals surface area (Å²) in [6, 6.07) is 16.0. The lowest BCUT2D eigenvalue weighted by molar-refractivity contribution is -0.120. The molecule has 0 unspecified atom stereocenters. The van der Waals surface area contributed by atoms with Gasteiger partial charge in [0, 0.05) is 43.7 Å². The van der Waals surface area contributed by atoms with Gasteiger partial charge in [-0.25, -0.2) is 9.97 Å². The molecule has 1 amide bonds. The number of anilines is 3. The smallest absolute Gasteiger partial charge is 0.228 e. The van der Waals surface area contributed by atoms with Gasteiger partial charge in [-0.15, -0.1) is 10.2 Å². The topological polar surface area (TPSA) is 87.1 Å². The summed E-state index contributed by atoms with van der Waals surface area (Å²) in [5, 5.41) is 11.8. The number of carbonyl (C=O) groups excluding carboxylic acids is 1. The zero-order valence-corrected chi connectivity index (χ0v) is 18.7. The fourth-order valence-electron chi connectivity index (χ4n) is 4.57. The molecule has 170 valence electrons. The quantitative estimate of drug-likeness (QED) is 0.642. The minimum absolute atomic E-state index is 0.0310. The molecule has 4 heterocycles. The summed E-state index contributed by atoms with van der Waals surface area (Å²) in [6.45, 7) is 3.58. The lowest BCUT2D eigenvalue weighted by atomic mass is 9.96. The Labute approximate surface area is 194 Å². The molecule has 2 saturated heterocycles. The van der Waals surface area contributed by atoms with Gasteiger partial charge in [0.2, 0.25) is 5.91 Å². The van der Waals surface area contributed by atoms with Gasteiger partial charge in [0.25, 0.3) is 0 Å². The van der Waals surface area contributed by atoms with Crippen molar-refractivity contribution in [3.05, 3.63) is 54.9 Å². The summed E-state index contributed by atoms with van der Waals surface area (Å²) in [5.74, 6) is 2.33. The number of piperidine rings is 2. The molecule has 2 aliphatic rings. The van der Waals surface area contributed by atoms with Gasteiger partial charge >= 0.3 is 0 Å². The largest absolute Gasteiger partial charge is 0.356 e.